The average molecular weight is 294 g/mol. The highest BCUT2D eigenvalue weighted by Crippen LogP contribution is 2.19. The van der Waals surface area contributed by atoms with E-state index in [0.717, 1.165) is 17.8 Å². The minimum Gasteiger partial charge on any atom is -0.278 e. The van der Waals surface area contributed by atoms with Gasteiger partial charge in [0.1, 0.15) is 5.82 Å². The van der Waals surface area contributed by atoms with Gasteiger partial charge in [-0.05, 0) is 23.6 Å². The maximum Gasteiger partial charge on any atom is 0.261 e. The van der Waals surface area contributed by atoms with Crippen molar-refractivity contribution in [3.63, 3.8) is 0 Å². The van der Waals surface area contributed by atoms with E-state index in [1.807, 2.05) is 13.8 Å². The smallest absolute Gasteiger partial charge is 0.261 e. The van der Waals surface area contributed by atoms with E-state index in [1.54, 1.807) is 12.1 Å². The number of nitrogens with one attached hydrogen (secondary N) is 1. The SMILES string of the molecule is CC(C)c1ccc(S(=O)(=O)Nc2cncc(F)c2)cc1. The summed E-state index contributed by atoms with van der Waals surface area (Å²) in [6, 6.07) is 7.67. The van der Waals surface area contributed by atoms with Gasteiger partial charge in [0.15, 0.2) is 0 Å². The second-order valence-corrected chi connectivity index (χ2v) is 6.40. The highest BCUT2D eigenvalue weighted by Gasteiger charge is 2.14. The fourth-order valence-corrected chi connectivity index (χ4v) is 2.75. The Bertz CT molecular complexity index is 697. The van der Waals surface area contributed by atoms with Crippen LogP contribution in [-0.4, -0.2) is 13.4 Å². The number of hydrogen-bond acceptors (Lipinski definition) is 3. The van der Waals surface area contributed by atoms with Gasteiger partial charge in [-0.1, -0.05) is 26.0 Å². The molecule has 1 heterocycles. The van der Waals surface area contributed by atoms with Crippen LogP contribution in [0.1, 0.15) is 25.3 Å². The predicted molar refractivity (Wildman–Crippen MR) is 75.5 cm³/mol. The van der Waals surface area contributed by atoms with E-state index >= 15 is 0 Å². The Kier molecular flexibility index (Phi) is 4.04. The van der Waals surface area contributed by atoms with Gasteiger partial charge in [-0.3, -0.25) is 9.71 Å². The summed E-state index contributed by atoms with van der Waals surface area (Å²) in [5.74, 6) is -0.271. The summed E-state index contributed by atoms with van der Waals surface area (Å²) < 4.78 is 39.5. The van der Waals surface area contributed by atoms with Crippen LogP contribution < -0.4 is 4.72 Å². The van der Waals surface area contributed by atoms with Gasteiger partial charge in [0.05, 0.1) is 23.0 Å². The first-order valence-corrected chi connectivity index (χ1v) is 7.60. The lowest BCUT2D eigenvalue weighted by molar-refractivity contribution is 0.601. The van der Waals surface area contributed by atoms with Crippen LogP contribution in [0.15, 0.2) is 47.6 Å². The van der Waals surface area contributed by atoms with E-state index in [1.165, 1.54) is 18.3 Å². The third-order valence-corrected chi connectivity index (χ3v) is 4.21. The van der Waals surface area contributed by atoms with Gasteiger partial charge in [0.25, 0.3) is 10.0 Å². The number of aromatic nitrogens is 1. The van der Waals surface area contributed by atoms with E-state index in [-0.39, 0.29) is 10.6 Å². The van der Waals surface area contributed by atoms with Gasteiger partial charge in [0.2, 0.25) is 0 Å². The first-order chi connectivity index (χ1) is 9.38. The van der Waals surface area contributed by atoms with Gasteiger partial charge in [-0.2, -0.15) is 0 Å². The first-order valence-electron chi connectivity index (χ1n) is 6.12. The second-order valence-electron chi connectivity index (χ2n) is 4.72. The van der Waals surface area contributed by atoms with Crippen LogP contribution in [0.2, 0.25) is 0 Å². The van der Waals surface area contributed by atoms with Gasteiger partial charge in [-0.15, -0.1) is 0 Å². The van der Waals surface area contributed by atoms with Crippen LogP contribution in [0.25, 0.3) is 0 Å². The topological polar surface area (TPSA) is 59.1 Å². The van der Waals surface area contributed by atoms with Crippen molar-refractivity contribution in [2.24, 2.45) is 0 Å². The molecule has 20 heavy (non-hydrogen) atoms. The largest absolute Gasteiger partial charge is 0.278 e. The molecule has 0 spiro atoms. The Labute approximate surface area is 117 Å². The Hall–Kier alpha value is -1.95. The van der Waals surface area contributed by atoms with E-state index in [9.17, 15) is 12.8 Å². The van der Waals surface area contributed by atoms with Crippen LogP contribution >= 0.6 is 0 Å². The molecule has 0 atom stereocenters. The summed E-state index contributed by atoms with van der Waals surface area (Å²) in [6.07, 6.45) is 2.26. The van der Waals surface area contributed by atoms with Crippen molar-refractivity contribution in [1.82, 2.24) is 4.98 Å². The molecule has 6 heteroatoms. The zero-order chi connectivity index (χ0) is 14.8. The number of pyridine rings is 1. The number of hydrogen-bond donors (Lipinski definition) is 1. The molecule has 0 bridgehead atoms. The van der Waals surface area contributed by atoms with Crippen molar-refractivity contribution in [3.8, 4) is 0 Å². The normalized spacial score (nSPS) is 11.6. The molecule has 106 valence electrons. The monoisotopic (exact) mass is 294 g/mol. The fourth-order valence-electron chi connectivity index (χ4n) is 1.71. The Morgan fingerprint density at radius 1 is 1.15 bits per heavy atom. The molecule has 1 N–H and O–H groups in total. The van der Waals surface area contributed by atoms with Crippen molar-refractivity contribution < 1.29 is 12.8 Å². The third-order valence-electron chi connectivity index (χ3n) is 2.81. The maximum atomic E-state index is 13.0. The van der Waals surface area contributed by atoms with Crippen molar-refractivity contribution in [1.29, 1.82) is 0 Å². The predicted octanol–water partition coefficient (Wildman–Crippen LogP) is 3.14. The van der Waals surface area contributed by atoms with Gasteiger partial charge in [-0.25, -0.2) is 12.8 Å². The van der Waals surface area contributed by atoms with Crippen molar-refractivity contribution >= 4 is 15.7 Å². The van der Waals surface area contributed by atoms with Crippen LogP contribution in [-0.2, 0) is 10.0 Å². The maximum absolute atomic E-state index is 13.0. The average Bonchev–Trinajstić information content (AvgIpc) is 2.38. The summed E-state index contributed by atoms with van der Waals surface area (Å²) in [7, 11) is -3.73. The number of rotatable bonds is 4. The molecule has 0 unspecified atom stereocenters. The Morgan fingerprint density at radius 2 is 1.80 bits per heavy atom. The fraction of sp³-hybridized carbons (Fsp3) is 0.214. The highest BCUT2D eigenvalue weighted by molar-refractivity contribution is 7.92. The zero-order valence-electron chi connectivity index (χ0n) is 11.2. The molecule has 0 aliphatic heterocycles. The van der Waals surface area contributed by atoms with Crippen LogP contribution in [0, 0.1) is 5.82 Å². The summed E-state index contributed by atoms with van der Waals surface area (Å²) >= 11 is 0. The van der Waals surface area contributed by atoms with Crippen LogP contribution in [0.4, 0.5) is 10.1 Å². The summed E-state index contributed by atoms with van der Waals surface area (Å²) in [4.78, 5) is 3.73. The third kappa shape index (κ3) is 3.33. The molecule has 2 aromatic rings. The number of benzene rings is 1. The zero-order valence-corrected chi connectivity index (χ0v) is 12.0. The number of anilines is 1. The van der Waals surface area contributed by atoms with Crippen molar-refractivity contribution in [3.05, 3.63) is 54.1 Å². The molecule has 0 amide bonds. The van der Waals surface area contributed by atoms with E-state index in [4.69, 9.17) is 0 Å². The standard InChI is InChI=1S/C14H15FN2O2S/c1-10(2)11-3-5-14(6-4-11)20(18,19)17-13-7-12(15)8-16-9-13/h3-10,17H,1-2H3. The molecule has 0 saturated heterocycles. The quantitative estimate of drug-likeness (QED) is 0.942. The summed E-state index contributed by atoms with van der Waals surface area (Å²) in [6.45, 7) is 4.06. The highest BCUT2D eigenvalue weighted by atomic mass is 32.2. The van der Waals surface area contributed by atoms with Crippen molar-refractivity contribution in [2.75, 3.05) is 4.72 Å². The van der Waals surface area contributed by atoms with Gasteiger partial charge in [0, 0.05) is 6.07 Å². The van der Waals surface area contributed by atoms with Crippen LogP contribution in [0.3, 0.4) is 0 Å². The molecule has 0 radical (unpaired) electrons. The number of nitrogens with zero attached hydrogens (tertiary/aromatic N) is 1. The minimum atomic E-state index is -3.73. The van der Waals surface area contributed by atoms with Crippen molar-refractivity contribution in [2.45, 2.75) is 24.7 Å². The molecule has 0 saturated carbocycles. The molecular formula is C14H15FN2O2S. The molecule has 1 aromatic carbocycles. The number of sulfonamides is 1. The molecule has 0 fully saturated rings. The second kappa shape index (κ2) is 5.58. The molecule has 0 aliphatic rings. The van der Waals surface area contributed by atoms with E-state index < -0.39 is 15.8 Å². The van der Waals surface area contributed by atoms with E-state index in [0.29, 0.717) is 5.92 Å². The number of halogens is 1. The lowest BCUT2D eigenvalue weighted by Crippen LogP contribution is -2.13. The molecule has 4 nitrogen and oxygen atoms in total. The molecule has 1 aromatic heterocycles. The lowest BCUT2D eigenvalue weighted by atomic mass is 10.0. The molecular weight excluding hydrogens is 279 g/mol. The first kappa shape index (κ1) is 14.5. The summed E-state index contributed by atoms with van der Waals surface area (Å²) in [5.41, 5.74) is 1.15. The van der Waals surface area contributed by atoms with Gasteiger partial charge < -0.3 is 0 Å². The summed E-state index contributed by atoms with van der Waals surface area (Å²) in [5, 5.41) is 0. The Balaban J connectivity index is 2.26. The lowest BCUT2D eigenvalue weighted by Gasteiger charge is -2.09. The molecule has 2 rings (SSSR count). The van der Waals surface area contributed by atoms with E-state index in [2.05, 4.69) is 9.71 Å². The Morgan fingerprint density at radius 3 is 2.35 bits per heavy atom. The minimum absolute atomic E-state index is 0.0953. The van der Waals surface area contributed by atoms with Gasteiger partial charge >= 0.3 is 0 Å². The molecule has 0 aliphatic carbocycles. The van der Waals surface area contributed by atoms with Crippen LogP contribution in [0.5, 0.6) is 0 Å².